The Morgan fingerprint density at radius 2 is 2.15 bits per heavy atom. The van der Waals surface area contributed by atoms with Crippen LogP contribution in [-0.2, 0) is 13.0 Å². The third kappa shape index (κ3) is 1.61. The van der Waals surface area contributed by atoms with Crippen molar-refractivity contribution >= 4 is 0 Å². The van der Waals surface area contributed by atoms with E-state index in [1.54, 1.807) is 0 Å². The molecule has 0 radical (unpaired) electrons. The van der Waals surface area contributed by atoms with E-state index in [0.717, 1.165) is 17.9 Å². The summed E-state index contributed by atoms with van der Waals surface area (Å²) >= 11 is 0. The molecule has 0 spiro atoms. The van der Waals surface area contributed by atoms with Crippen LogP contribution in [-0.4, -0.2) is 5.11 Å². The highest BCUT2D eigenvalue weighted by Crippen LogP contribution is 2.42. The highest BCUT2D eigenvalue weighted by molar-refractivity contribution is 5.39. The van der Waals surface area contributed by atoms with E-state index in [0.29, 0.717) is 0 Å². The maximum absolute atomic E-state index is 9.18. The van der Waals surface area contributed by atoms with Crippen LogP contribution in [0.2, 0.25) is 0 Å². The topological polar surface area (TPSA) is 20.2 Å². The van der Waals surface area contributed by atoms with Gasteiger partial charge >= 0.3 is 0 Å². The number of rotatable bonds is 3. The molecule has 1 aromatic carbocycles. The van der Waals surface area contributed by atoms with Crippen LogP contribution in [0.5, 0.6) is 0 Å². The Hall–Kier alpha value is -0.820. The molecule has 1 aliphatic carbocycles. The molecule has 13 heavy (non-hydrogen) atoms. The molecule has 0 bridgehead atoms. The first-order valence-electron chi connectivity index (χ1n) is 5.08. The molecule has 0 aliphatic heterocycles. The zero-order valence-electron chi connectivity index (χ0n) is 8.09. The first kappa shape index (κ1) is 8.76. The Morgan fingerprint density at radius 1 is 1.38 bits per heavy atom. The van der Waals surface area contributed by atoms with Crippen LogP contribution < -0.4 is 0 Å². The van der Waals surface area contributed by atoms with Gasteiger partial charge in [-0.25, -0.2) is 0 Å². The van der Waals surface area contributed by atoms with Gasteiger partial charge in [-0.3, -0.25) is 0 Å². The Bertz CT molecular complexity index is 300. The molecule has 1 saturated carbocycles. The van der Waals surface area contributed by atoms with Crippen molar-refractivity contribution in [3.05, 3.63) is 34.9 Å². The van der Waals surface area contributed by atoms with Gasteiger partial charge in [0.05, 0.1) is 6.61 Å². The van der Waals surface area contributed by atoms with Crippen molar-refractivity contribution in [3.8, 4) is 0 Å². The van der Waals surface area contributed by atoms with E-state index in [9.17, 15) is 5.11 Å². The second kappa shape index (κ2) is 3.51. The van der Waals surface area contributed by atoms with Crippen molar-refractivity contribution < 1.29 is 5.11 Å². The Labute approximate surface area is 79.4 Å². The smallest absolute Gasteiger partial charge is 0.0684 e. The first-order valence-corrected chi connectivity index (χ1v) is 5.08. The molecule has 0 saturated heterocycles. The standard InChI is InChI=1S/C12H16O/c1-2-11-10(8-13)4-3-5-12(11)9-6-7-9/h3-5,9,13H,2,6-8H2,1H3. The van der Waals surface area contributed by atoms with Gasteiger partial charge in [0.25, 0.3) is 0 Å². The van der Waals surface area contributed by atoms with Crippen molar-refractivity contribution in [1.82, 2.24) is 0 Å². The monoisotopic (exact) mass is 176 g/mol. The van der Waals surface area contributed by atoms with Gasteiger partial charge in [0.15, 0.2) is 0 Å². The number of hydrogen-bond acceptors (Lipinski definition) is 1. The van der Waals surface area contributed by atoms with E-state index < -0.39 is 0 Å². The molecular weight excluding hydrogens is 160 g/mol. The van der Waals surface area contributed by atoms with Gasteiger partial charge in [-0.15, -0.1) is 0 Å². The predicted molar refractivity (Wildman–Crippen MR) is 53.7 cm³/mol. The lowest BCUT2D eigenvalue weighted by Crippen LogP contribution is -1.97. The minimum absolute atomic E-state index is 0.184. The Balaban J connectivity index is 2.41. The number of benzene rings is 1. The summed E-state index contributed by atoms with van der Waals surface area (Å²) in [4.78, 5) is 0. The fraction of sp³-hybridized carbons (Fsp3) is 0.500. The van der Waals surface area contributed by atoms with E-state index in [2.05, 4.69) is 19.1 Å². The van der Waals surface area contributed by atoms with Crippen LogP contribution in [0.3, 0.4) is 0 Å². The molecule has 70 valence electrons. The van der Waals surface area contributed by atoms with Gasteiger partial charge in [0.2, 0.25) is 0 Å². The quantitative estimate of drug-likeness (QED) is 0.750. The summed E-state index contributed by atoms with van der Waals surface area (Å²) in [7, 11) is 0. The van der Waals surface area contributed by atoms with Gasteiger partial charge in [0, 0.05) is 0 Å². The molecule has 0 aromatic heterocycles. The molecule has 0 atom stereocenters. The molecule has 1 nitrogen and oxygen atoms in total. The normalized spacial score (nSPS) is 16.2. The molecule has 0 unspecified atom stereocenters. The summed E-state index contributed by atoms with van der Waals surface area (Å²) in [5, 5.41) is 9.18. The minimum Gasteiger partial charge on any atom is -0.392 e. The zero-order valence-corrected chi connectivity index (χ0v) is 8.09. The average molecular weight is 176 g/mol. The zero-order chi connectivity index (χ0) is 9.26. The van der Waals surface area contributed by atoms with Crippen molar-refractivity contribution in [2.45, 2.75) is 38.7 Å². The summed E-state index contributed by atoms with van der Waals surface area (Å²) < 4.78 is 0. The van der Waals surface area contributed by atoms with Gasteiger partial charge < -0.3 is 5.11 Å². The van der Waals surface area contributed by atoms with E-state index in [-0.39, 0.29) is 6.61 Å². The van der Waals surface area contributed by atoms with Crippen LogP contribution in [0.25, 0.3) is 0 Å². The molecule has 1 N–H and O–H groups in total. The molecular formula is C12H16O. The van der Waals surface area contributed by atoms with E-state index >= 15 is 0 Å². The lowest BCUT2D eigenvalue weighted by Gasteiger charge is -2.10. The fourth-order valence-corrected chi connectivity index (χ4v) is 2.01. The summed E-state index contributed by atoms with van der Waals surface area (Å²) in [5.41, 5.74) is 3.98. The van der Waals surface area contributed by atoms with Crippen molar-refractivity contribution in [3.63, 3.8) is 0 Å². The maximum atomic E-state index is 9.18. The predicted octanol–water partition coefficient (Wildman–Crippen LogP) is 2.62. The van der Waals surface area contributed by atoms with Crippen LogP contribution in [0, 0.1) is 0 Å². The third-order valence-electron chi connectivity index (χ3n) is 2.85. The first-order chi connectivity index (χ1) is 6.36. The van der Waals surface area contributed by atoms with Crippen LogP contribution in [0.4, 0.5) is 0 Å². The minimum atomic E-state index is 0.184. The summed E-state index contributed by atoms with van der Waals surface area (Å²) in [6.45, 7) is 2.35. The fourth-order valence-electron chi connectivity index (χ4n) is 2.01. The Morgan fingerprint density at radius 3 is 2.69 bits per heavy atom. The molecule has 1 fully saturated rings. The Kier molecular flexibility index (Phi) is 2.36. The summed E-state index contributed by atoms with van der Waals surface area (Å²) in [5.74, 6) is 0.793. The van der Waals surface area contributed by atoms with Crippen LogP contribution in [0.15, 0.2) is 18.2 Å². The van der Waals surface area contributed by atoms with Gasteiger partial charge in [-0.1, -0.05) is 25.1 Å². The second-order valence-corrected chi connectivity index (χ2v) is 3.77. The number of aliphatic hydroxyl groups is 1. The van der Waals surface area contributed by atoms with Gasteiger partial charge in [-0.2, -0.15) is 0 Å². The molecule has 2 rings (SSSR count). The molecule has 0 amide bonds. The molecule has 1 aliphatic rings. The van der Waals surface area contributed by atoms with Gasteiger partial charge in [-0.05, 0) is 41.9 Å². The third-order valence-corrected chi connectivity index (χ3v) is 2.85. The number of hydrogen-bond donors (Lipinski definition) is 1. The SMILES string of the molecule is CCc1c(CO)cccc1C1CC1. The highest BCUT2D eigenvalue weighted by Gasteiger charge is 2.25. The molecule has 1 heteroatoms. The lowest BCUT2D eigenvalue weighted by atomic mass is 9.96. The molecule has 1 aromatic rings. The highest BCUT2D eigenvalue weighted by atomic mass is 16.3. The van der Waals surface area contributed by atoms with Crippen molar-refractivity contribution in [2.75, 3.05) is 0 Å². The largest absolute Gasteiger partial charge is 0.392 e. The van der Waals surface area contributed by atoms with Gasteiger partial charge in [0.1, 0.15) is 0 Å². The van der Waals surface area contributed by atoms with E-state index in [1.807, 2.05) is 6.07 Å². The van der Waals surface area contributed by atoms with Crippen LogP contribution in [0.1, 0.15) is 42.4 Å². The summed E-state index contributed by atoms with van der Waals surface area (Å²) in [6.07, 6.45) is 3.71. The maximum Gasteiger partial charge on any atom is 0.0684 e. The van der Waals surface area contributed by atoms with Crippen molar-refractivity contribution in [2.24, 2.45) is 0 Å². The second-order valence-electron chi connectivity index (χ2n) is 3.77. The average Bonchev–Trinajstić information content (AvgIpc) is 2.99. The van der Waals surface area contributed by atoms with E-state index in [4.69, 9.17) is 0 Å². The lowest BCUT2D eigenvalue weighted by molar-refractivity contribution is 0.280. The van der Waals surface area contributed by atoms with E-state index in [1.165, 1.54) is 24.0 Å². The number of aliphatic hydroxyl groups excluding tert-OH is 1. The molecule has 0 heterocycles. The van der Waals surface area contributed by atoms with Crippen molar-refractivity contribution in [1.29, 1.82) is 0 Å². The summed E-state index contributed by atoms with van der Waals surface area (Å²) in [6, 6.07) is 6.32. The van der Waals surface area contributed by atoms with Crippen LogP contribution >= 0.6 is 0 Å².